The summed E-state index contributed by atoms with van der Waals surface area (Å²) in [4.78, 5) is 19.9. The molecule has 1 aliphatic carbocycles. The van der Waals surface area contributed by atoms with E-state index >= 15 is 0 Å². The normalized spacial score (nSPS) is 29.3. The minimum Gasteiger partial charge on any atom is -0.465 e. The van der Waals surface area contributed by atoms with Crippen LogP contribution in [0.3, 0.4) is 0 Å². The van der Waals surface area contributed by atoms with Gasteiger partial charge in [0.15, 0.2) is 0 Å². The number of nitrogens with zero attached hydrogens (tertiary/aromatic N) is 3. The van der Waals surface area contributed by atoms with E-state index in [2.05, 4.69) is 22.0 Å². The Morgan fingerprint density at radius 3 is 2.87 bits per heavy atom. The minimum atomic E-state index is -0.900. The van der Waals surface area contributed by atoms with Crippen LogP contribution < -0.4 is 10.6 Å². The molecule has 0 spiro atoms. The number of piperidine rings is 1. The summed E-state index contributed by atoms with van der Waals surface area (Å²) in [6, 6.07) is 4.56. The van der Waals surface area contributed by atoms with Gasteiger partial charge >= 0.3 is 6.09 Å². The molecule has 1 saturated carbocycles. The number of pyridine rings is 1. The molecule has 0 radical (unpaired) electrons. The van der Waals surface area contributed by atoms with Crippen molar-refractivity contribution < 1.29 is 9.90 Å². The van der Waals surface area contributed by atoms with Crippen LogP contribution in [0.4, 0.5) is 10.6 Å². The van der Waals surface area contributed by atoms with E-state index < -0.39 is 6.09 Å². The SMILES string of the molecule is NC1[C@H]2CN(CCCc3ccc4c(n3)N(C(=O)O)CCC4)C[C@@H]12. The Labute approximate surface area is 136 Å². The lowest BCUT2D eigenvalue weighted by Crippen LogP contribution is -2.35. The molecular formula is C17H24N4O2. The van der Waals surface area contributed by atoms with Crippen molar-refractivity contribution in [1.82, 2.24) is 9.88 Å². The zero-order valence-electron chi connectivity index (χ0n) is 13.3. The second-order valence-corrected chi connectivity index (χ2v) is 7.09. The van der Waals surface area contributed by atoms with Crippen LogP contribution >= 0.6 is 0 Å². The predicted octanol–water partition coefficient (Wildman–Crippen LogP) is 1.33. The number of anilines is 1. The highest BCUT2D eigenvalue weighted by Crippen LogP contribution is 2.43. The Morgan fingerprint density at radius 2 is 2.13 bits per heavy atom. The topological polar surface area (TPSA) is 82.7 Å². The van der Waals surface area contributed by atoms with Crippen molar-refractivity contribution in [3.05, 3.63) is 23.4 Å². The summed E-state index contributed by atoms with van der Waals surface area (Å²) in [5.41, 5.74) is 8.02. The fourth-order valence-electron chi connectivity index (χ4n) is 4.13. The lowest BCUT2D eigenvalue weighted by atomic mass is 10.0. The summed E-state index contributed by atoms with van der Waals surface area (Å²) in [5, 5.41) is 9.31. The third-order valence-corrected chi connectivity index (χ3v) is 5.57. The van der Waals surface area contributed by atoms with Gasteiger partial charge in [0.05, 0.1) is 0 Å². The van der Waals surface area contributed by atoms with Crippen molar-refractivity contribution in [3.8, 4) is 0 Å². The summed E-state index contributed by atoms with van der Waals surface area (Å²) < 4.78 is 0. The number of aryl methyl sites for hydroxylation is 2. The predicted molar refractivity (Wildman–Crippen MR) is 87.6 cm³/mol. The van der Waals surface area contributed by atoms with Crippen LogP contribution in [0.15, 0.2) is 12.1 Å². The highest BCUT2D eigenvalue weighted by molar-refractivity contribution is 5.86. The number of likely N-dealkylation sites (tertiary alicyclic amines) is 1. The van der Waals surface area contributed by atoms with Gasteiger partial charge in [-0.05, 0) is 55.7 Å². The third-order valence-electron chi connectivity index (χ3n) is 5.57. The number of carbonyl (C=O) groups is 1. The molecule has 1 unspecified atom stereocenters. The molecule has 2 fully saturated rings. The molecule has 6 nitrogen and oxygen atoms in total. The first-order valence-corrected chi connectivity index (χ1v) is 8.60. The van der Waals surface area contributed by atoms with Crippen LogP contribution in [0.1, 0.15) is 24.1 Å². The monoisotopic (exact) mass is 316 g/mol. The molecule has 0 aromatic carbocycles. The molecule has 6 heteroatoms. The number of amides is 1. The standard InChI is InChI=1S/C17H24N4O2/c18-15-13-9-20(10-14(13)15)7-2-4-12-6-5-11-3-1-8-21(17(22)23)16(11)19-12/h5-6,13-15H,1-4,7-10,18H2,(H,22,23)/t13-,14+,15?. The van der Waals surface area contributed by atoms with Crippen molar-refractivity contribution in [2.75, 3.05) is 31.1 Å². The quantitative estimate of drug-likeness (QED) is 0.876. The molecule has 3 heterocycles. The molecule has 0 bridgehead atoms. The number of hydrogen-bond acceptors (Lipinski definition) is 4. The Morgan fingerprint density at radius 1 is 1.35 bits per heavy atom. The molecule has 3 atom stereocenters. The van der Waals surface area contributed by atoms with Gasteiger partial charge in [0.25, 0.3) is 0 Å². The summed E-state index contributed by atoms with van der Waals surface area (Å²) in [7, 11) is 0. The maximum absolute atomic E-state index is 11.3. The first kappa shape index (κ1) is 14.9. The molecule has 3 N–H and O–H groups in total. The van der Waals surface area contributed by atoms with Gasteiger partial charge in [-0.2, -0.15) is 0 Å². The lowest BCUT2D eigenvalue weighted by molar-refractivity contribution is 0.201. The molecular weight excluding hydrogens is 292 g/mol. The van der Waals surface area contributed by atoms with E-state index in [4.69, 9.17) is 5.73 Å². The highest BCUT2D eigenvalue weighted by Gasteiger charge is 2.53. The van der Waals surface area contributed by atoms with E-state index in [1.165, 1.54) is 4.90 Å². The van der Waals surface area contributed by atoms with Crippen LogP contribution in [-0.4, -0.2) is 53.3 Å². The van der Waals surface area contributed by atoms with Crippen molar-refractivity contribution in [1.29, 1.82) is 0 Å². The molecule has 2 aliphatic heterocycles. The smallest absolute Gasteiger partial charge is 0.413 e. The van der Waals surface area contributed by atoms with Gasteiger partial charge in [-0.3, -0.25) is 4.90 Å². The van der Waals surface area contributed by atoms with Crippen molar-refractivity contribution in [3.63, 3.8) is 0 Å². The Hall–Kier alpha value is -1.66. The van der Waals surface area contributed by atoms with Gasteiger partial charge in [0.1, 0.15) is 5.82 Å². The zero-order chi connectivity index (χ0) is 16.0. The van der Waals surface area contributed by atoms with E-state index in [0.29, 0.717) is 18.4 Å². The molecule has 1 saturated heterocycles. The van der Waals surface area contributed by atoms with E-state index in [1.54, 1.807) is 0 Å². The largest absolute Gasteiger partial charge is 0.465 e. The van der Waals surface area contributed by atoms with Gasteiger partial charge in [0.2, 0.25) is 0 Å². The molecule has 1 aromatic heterocycles. The van der Waals surface area contributed by atoms with Crippen molar-refractivity contribution in [2.24, 2.45) is 17.6 Å². The van der Waals surface area contributed by atoms with E-state index in [1.807, 2.05) is 0 Å². The fourth-order valence-corrected chi connectivity index (χ4v) is 4.13. The summed E-state index contributed by atoms with van der Waals surface area (Å²) in [6.45, 7) is 3.93. The molecule has 124 valence electrons. The first-order valence-electron chi connectivity index (χ1n) is 8.60. The number of nitrogens with two attached hydrogens (primary N) is 1. The van der Waals surface area contributed by atoms with Crippen molar-refractivity contribution >= 4 is 11.9 Å². The Kier molecular flexibility index (Phi) is 3.73. The second kappa shape index (κ2) is 5.76. The number of rotatable bonds is 4. The number of aromatic nitrogens is 1. The molecule has 1 amide bonds. The van der Waals surface area contributed by atoms with Crippen molar-refractivity contribution in [2.45, 2.75) is 31.7 Å². The maximum Gasteiger partial charge on any atom is 0.413 e. The average molecular weight is 316 g/mol. The van der Waals surface area contributed by atoms with Crippen LogP contribution in [0, 0.1) is 11.8 Å². The van der Waals surface area contributed by atoms with Gasteiger partial charge in [-0.1, -0.05) is 6.07 Å². The molecule has 1 aromatic rings. The van der Waals surface area contributed by atoms with Crippen LogP contribution in [0.25, 0.3) is 0 Å². The molecule has 4 rings (SSSR count). The van der Waals surface area contributed by atoms with Gasteiger partial charge in [-0.15, -0.1) is 0 Å². The van der Waals surface area contributed by atoms with Crippen LogP contribution in [0.2, 0.25) is 0 Å². The third kappa shape index (κ3) is 2.81. The lowest BCUT2D eigenvalue weighted by Gasteiger charge is -2.26. The average Bonchev–Trinajstić information content (AvgIpc) is 2.97. The fraction of sp³-hybridized carbons (Fsp3) is 0.647. The Balaban J connectivity index is 1.34. The van der Waals surface area contributed by atoms with Gasteiger partial charge < -0.3 is 15.7 Å². The first-order chi connectivity index (χ1) is 11.1. The molecule has 3 aliphatic rings. The number of fused-ring (bicyclic) bond motifs is 2. The maximum atomic E-state index is 11.3. The van der Waals surface area contributed by atoms with E-state index in [9.17, 15) is 9.90 Å². The van der Waals surface area contributed by atoms with Crippen LogP contribution in [-0.2, 0) is 12.8 Å². The van der Waals surface area contributed by atoms with Gasteiger partial charge in [-0.25, -0.2) is 9.78 Å². The Bertz CT molecular complexity index is 609. The summed E-state index contributed by atoms with van der Waals surface area (Å²) >= 11 is 0. The number of hydrogen-bond donors (Lipinski definition) is 2. The minimum absolute atomic E-state index is 0.454. The summed E-state index contributed by atoms with van der Waals surface area (Å²) in [5.74, 6) is 2.12. The van der Waals surface area contributed by atoms with E-state index in [-0.39, 0.29) is 0 Å². The summed E-state index contributed by atoms with van der Waals surface area (Å²) in [6.07, 6.45) is 2.86. The van der Waals surface area contributed by atoms with Gasteiger partial charge in [0, 0.05) is 31.4 Å². The van der Waals surface area contributed by atoms with Crippen LogP contribution in [0.5, 0.6) is 0 Å². The van der Waals surface area contributed by atoms with E-state index in [0.717, 1.165) is 68.4 Å². The second-order valence-electron chi connectivity index (χ2n) is 7.09. The highest BCUT2D eigenvalue weighted by atomic mass is 16.4. The molecule has 23 heavy (non-hydrogen) atoms. The zero-order valence-corrected chi connectivity index (χ0v) is 13.3. The number of carboxylic acid groups (broad SMARTS) is 1.